The number of hydrogen-bond donors (Lipinski definition) is 0. The zero-order valence-corrected chi connectivity index (χ0v) is 15.7. The number of thioether (sulfide) groups is 1. The molecule has 0 N–H and O–H groups in total. The number of carbonyl (C=O) groups is 3. The molecule has 0 bridgehead atoms. The predicted molar refractivity (Wildman–Crippen MR) is 93.6 cm³/mol. The van der Waals surface area contributed by atoms with Crippen LogP contribution in [0.4, 0.5) is 0 Å². The first-order valence-corrected chi connectivity index (χ1v) is 9.16. The SMILES string of the molecule is CC(=O)O[C@@H]1[C@@H](OC(C)=O)[C@H](OC(C)=O)CO[C@H]1CSc1ccccc1. The Balaban J connectivity index is 2.16. The molecule has 0 saturated carbocycles. The molecule has 0 aliphatic carbocycles. The second-order valence-electron chi connectivity index (χ2n) is 5.79. The van der Waals surface area contributed by atoms with Crippen LogP contribution >= 0.6 is 11.8 Å². The average molecular weight is 382 g/mol. The van der Waals surface area contributed by atoms with Gasteiger partial charge in [-0.3, -0.25) is 14.4 Å². The Morgan fingerprint density at radius 2 is 1.54 bits per heavy atom. The summed E-state index contributed by atoms with van der Waals surface area (Å²) in [7, 11) is 0. The van der Waals surface area contributed by atoms with Gasteiger partial charge in [-0.2, -0.15) is 0 Å². The van der Waals surface area contributed by atoms with Gasteiger partial charge in [-0.05, 0) is 12.1 Å². The van der Waals surface area contributed by atoms with Crippen molar-refractivity contribution >= 4 is 29.7 Å². The maximum Gasteiger partial charge on any atom is 0.303 e. The third-order valence-corrected chi connectivity index (χ3v) is 4.71. The number of rotatable bonds is 6. The minimum Gasteiger partial charge on any atom is -0.456 e. The van der Waals surface area contributed by atoms with Gasteiger partial charge in [0, 0.05) is 31.4 Å². The summed E-state index contributed by atoms with van der Waals surface area (Å²) < 4.78 is 21.6. The summed E-state index contributed by atoms with van der Waals surface area (Å²) in [4.78, 5) is 35.4. The van der Waals surface area contributed by atoms with E-state index in [-0.39, 0.29) is 6.61 Å². The third-order valence-electron chi connectivity index (χ3n) is 3.61. The van der Waals surface area contributed by atoms with Crippen molar-refractivity contribution in [2.24, 2.45) is 0 Å². The second-order valence-corrected chi connectivity index (χ2v) is 6.89. The topological polar surface area (TPSA) is 88.1 Å². The molecule has 0 amide bonds. The molecule has 4 atom stereocenters. The molecule has 1 aromatic rings. The van der Waals surface area contributed by atoms with E-state index in [1.54, 1.807) is 0 Å². The molecule has 1 aliphatic heterocycles. The molecule has 0 unspecified atom stereocenters. The predicted octanol–water partition coefficient (Wildman–Crippen LogP) is 1.97. The summed E-state index contributed by atoms with van der Waals surface area (Å²) in [5.41, 5.74) is 0. The lowest BCUT2D eigenvalue weighted by atomic mass is 10.00. The molecule has 0 aromatic heterocycles. The maximum atomic E-state index is 11.6. The van der Waals surface area contributed by atoms with Crippen molar-refractivity contribution in [1.82, 2.24) is 0 Å². The molecular weight excluding hydrogens is 360 g/mol. The minimum atomic E-state index is -0.921. The Morgan fingerprint density at radius 3 is 2.12 bits per heavy atom. The van der Waals surface area contributed by atoms with E-state index in [1.165, 1.54) is 32.5 Å². The van der Waals surface area contributed by atoms with Gasteiger partial charge in [0.15, 0.2) is 18.3 Å². The van der Waals surface area contributed by atoms with Gasteiger partial charge in [-0.1, -0.05) is 18.2 Å². The van der Waals surface area contributed by atoms with Crippen molar-refractivity contribution in [2.75, 3.05) is 12.4 Å². The molecule has 1 aromatic carbocycles. The minimum absolute atomic E-state index is 0.0509. The lowest BCUT2D eigenvalue weighted by Crippen LogP contribution is -2.58. The Morgan fingerprint density at radius 1 is 0.962 bits per heavy atom. The summed E-state index contributed by atoms with van der Waals surface area (Å²) in [5, 5.41) is 0. The number of benzene rings is 1. The molecule has 1 saturated heterocycles. The lowest BCUT2D eigenvalue weighted by Gasteiger charge is -2.40. The van der Waals surface area contributed by atoms with E-state index in [0.29, 0.717) is 5.75 Å². The fourth-order valence-electron chi connectivity index (χ4n) is 2.65. The van der Waals surface area contributed by atoms with Gasteiger partial charge in [0.1, 0.15) is 6.10 Å². The molecule has 142 valence electrons. The first kappa shape index (κ1) is 20.3. The Kier molecular flexibility index (Phi) is 7.47. The fraction of sp³-hybridized carbons (Fsp3) is 0.500. The average Bonchev–Trinajstić information content (AvgIpc) is 2.56. The van der Waals surface area contributed by atoms with Crippen LogP contribution in [-0.2, 0) is 33.3 Å². The molecule has 7 nitrogen and oxygen atoms in total. The summed E-state index contributed by atoms with van der Waals surface area (Å²) >= 11 is 1.53. The van der Waals surface area contributed by atoms with Crippen molar-refractivity contribution in [3.05, 3.63) is 30.3 Å². The molecule has 0 spiro atoms. The molecule has 8 heteroatoms. The standard InChI is InChI=1S/C18H22O7S/c1-11(19)23-15-9-22-16(10-26-14-7-5-4-6-8-14)18(25-13(3)21)17(15)24-12(2)20/h4-8,15-18H,9-10H2,1-3H3/t15-,16+,17+,18+/m1/s1. The van der Waals surface area contributed by atoms with Crippen molar-refractivity contribution < 1.29 is 33.3 Å². The summed E-state index contributed by atoms with van der Waals surface area (Å²) in [6.07, 6.45) is -3.14. The highest BCUT2D eigenvalue weighted by Gasteiger charge is 2.46. The molecule has 26 heavy (non-hydrogen) atoms. The zero-order valence-electron chi connectivity index (χ0n) is 14.9. The molecule has 1 aliphatic rings. The summed E-state index contributed by atoms with van der Waals surface area (Å²) in [6, 6.07) is 9.68. The van der Waals surface area contributed by atoms with E-state index >= 15 is 0 Å². The fourth-order valence-corrected chi connectivity index (χ4v) is 3.64. The van der Waals surface area contributed by atoms with E-state index in [9.17, 15) is 14.4 Å². The van der Waals surface area contributed by atoms with Crippen LogP contribution in [0, 0.1) is 0 Å². The Labute approximate surface area is 156 Å². The first-order chi connectivity index (χ1) is 12.4. The highest BCUT2D eigenvalue weighted by molar-refractivity contribution is 7.99. The van der Waals surface area contributed by atoms with E-state index < -0.39 is 42.3 Å². The third kappa shape index (κ3) is 6.03. The molecule has 1 heterocycles. The van der Waals surface area contributed by atoms with Gasteiger partial charge in [0.05, 0.1) is 6.61 Å². The zero-order chi connectivity index (χ0) is 19.1. The number of hydrogen-bond acceptors (Lipinski definition) is 8. The number of ether oxygens (including phenoxy) is 4. The van der Waals surface area contributed by atoms with Gasteiger partial charge in [0.2, 0.25) is 0 Å². The van der Waals surface area contributed by atoms with Crippen molar-refractivity contribution in [3.63, 3.8) is 0 Å². The van der Waals surface area contributed by atoms with Gasteiger partial charge in [-0.15, -0.1) is 11.8 Å². The van der Waals surface area contributed by atoms with Crippen LogP contribution < -0.4 is 0 Å². The van der Waals surface area contributed by atoms with Gasteiger partial charge < -0.3 is 18.9 Å². The van der Waals surface area contributed by atoms with E-state index in [0.717, 1.165) is 4.90 Å². The monoisotopic (exact) mass is 382 g/mol. The second kappa shape index (κ2) is 9.59. The summed E-state index contributed by atoms with van der Waals surface area (Å²) in [6.45, 7) is 3.82. The van der Waals surface area contributed by atoms with Crippen LogP contribution in [0.25, 0.3) is 0 Å². The Hall–Kier alpha value is -2.06. The van der Waals surface area contributed by atoms with Crippen LogP contribution in [-0.4, -0.2) is 54.7 Å². The number of carbonyl (C=O) groups excluding carboxylic acids is 3. The quantitative estimate of drug-likeness (QED) is 0.419. The van der Waals surface area contributed by atoms with Crippen molar-refractivity contribution in [3.8, 4) is 0 Å². The van der Waals surface area contributed by atoms with Crippen molar-refractivity contribution in [2.45, 2.75) is 50.1 Å². The molecule has 2 rings (SSSR count). The maximum absolute atomic E-state index is 11.6. The van der Waals surface area contributed by atoms with Crippen LogP contribution in [0.5, 0.6) is 0 Å². The van der Waals surface area contributed by atoms with Gasteiger partial charge in [-0.25, -0.2) is 0 Å². The van der Waals surface area contributed by atoms with E-state index in [4.69, 9.17) is 18.9 Å². The smallest absolute Gasteiger partial charge is 0.303 e. The molecular formula is C18H22O7S. The van der Waals surface area contributed by atoms with Crippen LogP contribution in [0.1, 0.15) is 20.8 Å². The normalized spacial score (nSPS) is 25.2. The van der Waals surface area contributed by atoms with Crippen molar-refractivity contribution in [1.29, 1.82) is 0 Å². The molecule has 1 fully saturated rings. The largest absolute Gasteiger partial charge is 0.456 e. The summed E-state index contributed by atoms with van der Waals surface area (Å²) in [5.74, 6) is -1.14. The van der Waals surface area contributed by atoms with E-state index in [2.05, 4.69) is 0 Å². The lowest BCUT2D eigenvalue weighted by molar-refractivity contribution is -0.222. The van der Waals surface area contributed by atoms with E-state index in [1.807, 2.05) is 30.3 Å². The van der Waals surface area contributed by atoms with Crippen LogP contribution in [0.3, 0.4) is 0 Å². The van der Waals surface area contributed by atoms with Crippen LogP contribution in [0.2, 0.25) is 0 Å². The Bertz CT molecular complexity index is 634. The van der Waals surface area contributed by atoms with Gasteiger partial charge in [0.25, 0.3) is 0 Å². The van der Waals surface area contributed by atoms with Gasteiger partial charge >= 0.3 is 17.9 Å². The number of esters is 3. The highest BCUT2D eigenvalue weighted by Crippen LogP contribution is 2.29. The van der Waals surface area contributed by atoms with Crippen LogP contribution in [0.15, 0.2) is 35.2 Å². The first-order valence-electron chi connectivity index (χ1n) is 8.18. The highest BCUT2D eigenvalue weighted by atomic mass is 32.2. The molecule has 0 radical (unpaired) electrons.